The van der Waals surface area contributed by atoms with Crippen LogP contribution in [0.4, 0.5) is 5.69 Å². The molecule has 1 heterocycles. The molecule has 2 aromatic rings. The Labute approximate surface area is 178 Å². The van der Waals surface area contributed by atoms with Gasteiger partial charge < -0.3 is 10.1 Å². The highest BCUT2D eigenvalue weighted by atomic mass is 32.2. The Morgan fingerprint density at radius 3 is 2.43 bits per heavy atom. The molecule has 1 N–H and O–H groups in total. The summed E-state index contributed by atoms with van der Waals surface area (Å²) in [6, 6.07) is 12.4. The highest BCUT2D eigenvalue weighted by Crippen LogP contribution is 2.30. The number of hydrogen-bond donors (Lipinski definition) is 1. The zero-order chi connectivity index (χ0) is 21.1. The minimum atomic E-state index is -3.45. The number of fused-ring (bicyclic) bond motifs is 1. The molecule has 0 aromatic heterocycles. The number of nitrogens with zero attached hydrogens (tertiary/aromatic N) is 1. The van der Waals surface area contributed by atoms with Crippen molar-refractivity contribution in [3.05, 3.63) is 53.6 Å². The van der Waals surface area contributed by atoms with Gasteiger partial charge >= 0.3 is 0 Å². The molecule has 1 saturated heterocycles. The smallest absolute Gasteiger partial charge is 0.265 e. The largest absolute Gasteiger partial charge is 0.481 e. The molecule has 0 spiro atoms. The van der Waals surface area contributed by atoms with Crippen molar-refractivity contribution in [2.75, 3.05) is 18.4 Å². The van der Waals surface area contributed by atoms with Crippen molar-refractivity contribution in [2.45, 2.75) is 56.4 Å². The molecule has 1 atom stereocenters. The molecule has 0 unspecified atom stereocenters. The van der Waals surface area contributed by atoms with Crippen LogP contribution in [0.5, 0.6) is 5.75 Å². The Morgan fingerprint density at radius 1 is 1.00 bits per heavy atom. The van der Waals surface area contributed by atoms with E-state index in [1.165, 1.54) is 21.9 Å². The molecule has 1 aliphatic heterocycles. The maximum Gasteiger partial charge on any atom is 0.265 e. The molecule has 4 rings (SSSR count). The number of anilines is 1. The zero-order valence-electron chi connectivity index (χ0n) is 17.3. The summed E-state index contributed by atoms with van der Waals surface area (Å²) >= 11 is 0. The summed E-state index contributed by atoms with van der Waals surface area (Å²) in [4.78, 5) is 12.9. The second-order valence-corrected chi connectivity index (χ2v) is 9.92. The maximum atomic E-state index is 12.6. The first-order chi connectivity index (χ1) is 14.4. The van der Waals surface area contributed by atoms with Crippen molar-refractivity contribution < 1.29 is 17.9 Å². The van der Waals surface area contributed by atoms with Gasteiger partial charge in [-0.2, -0.15) is 4.31 Å². The molecule has 1 amide bonds. The van der Waals surface area contributed by atoms with Crippen LogP contribution in [-0.2, 0) is 27.7 Å². The van der Waals surface area contributed by atoms with Crippen LogP contribution in [0.1, 0.15) is 43.7 Å². The average molecular weight is 429 g/mol. The van der Waals surface area contributed by atoms with E-state index in [-0.39, 0.29) is 10.8 Å². The standard InChI is InChI=1S/C23H28N2O4S/c1-17(29-22-10-6-8-18-7-2-3-9-21(18)22)23(26)24-19-11-13-20(14-12-19)30(27,28)25-15-4-5-16-25/h6,8,10-14,17H,2-5,7,9,15-16H2,1H3,(H,24,26)/t17-/m1/s1. The minimum Gasteiger partial charge on any atom is -0.481 e. The Morgan fingerprint density at radius 2 is 1.70 bits per heavy atom. The molecule has 6 nitrogen and oxygen atoms in total. The highest BCUT2D eigenvalue weighted by Gasteiger charge is 2.27. The lowest BCUT2D eigenvalue weighted by molar-refractivity contribution is -0.122. The number of sulfonamides is 1. The van der Waals surface area contributed by atoms with E-state index in [4.69, 9.17) is 4.74 Å². The Balaban J connectivity index is 1.40. The molecule has 160 valence electrons. The van der Waals surface area contributed by atoms with E-state index in [1.54, 1.807) is 31.2 Å². The second kappa shape index (κ2) is 8.78. The van der Waals surface area contributed by atoms with Gasteiger partial charge in [0.2, 0.25) is 10.0 Å². The number of aryl methyl sites for hydroxylation is 1. The van der Waals surface area contributed by atoms with Gasteiger partial charge in [-0.25, -0.2) is 8.42 Å². The molecule has 2 aromatic carbocycles. The summed E-state index contributed by atoms with van der Waals surface area (Å²) in [7, 11) is -3.45. The summed E-state index contributed by atoms with van der Waals surface area (Å²) in [6.45, 7) is 2.86. The summed E-state index contributed by atoms with van der Waals surface area (Å²) in [5.41, 5.74) is 3.06. The van der Waals surface area contributed by atoms with Crippen LogP contribution in [0, 0.1) is 0 Å². The van der Waals surface area contributed by atoms with Crippen molar-refractivity contribution in [3.63, 3.8) is 0 Å². The number of rotatable bonds is 6. The topological polar surface area (TPSA) is 75.7 Å². The van der Waals surface area contributed by atoms with Gasteiger partial charge in [0.25, 0.3) is 5.91 Å². The van der Waals surface area contributed by atoms with Gasteiger partial charge in [0.1, 0.15) is 5.75 Å². The summed E-state index contributed by atoms with van der Waals surface area (Å²) in [6.07, 6.45) is 5.50. The van der Waals surface area contributed by atoms with Gasteiger partial charge in [0, 0.05) is 18.8 Å². The van der Waals surface area contributed by atoms with Crippen molar-refractivity contribution in [2.24, 2.45) is 0 Å². The summed E-state index contributed by atoms with van der Waals surface area (Å²) in [5, 5.41) is 2.82. The monoisotopic (exact) mass is 428 g/mol. The third kappa shape index (κ3) is 4.37. The normalized spacial score (nSPS) is 17.9. The third-order valence-corrected chi connectivity index (χ3v) is 7.76. The molecule has 1 aliphatic carbocycles. The number of benzene rings is 2. The molecule has 0 saturated carbocycles. The zero-order valence-corrected chi connectivity index (χ0v) is 18.1. The van der Waals surface area contributed by atoms with Crippen molar-refractivity contribution in [3.8, 4) is 5.75 Å². The number of hydrogen-bond acceptors (Lipinski definition) is 4. The van der Waals surface area contributed by atoms with E-state index >= 15 is 0 Å². The number of amides is 1. The first-order valence-corrected chi connectivity index (χ1v) is 12.1. The van der Waals surface area contributed by atoms with Crippen molar-refractivity contribution in [1.82, 2.24) is 4.31 Å². The van der Waals surface area contributed by atoms with Gasteiger partial charge in [-0.15, -0.1) is 0 Å². The molecule has 0 radical (unpaired) electrons. The lowest BCUT2D eigenvalue weighted by Gasteiger charge is -2.22. The van der Waals surface area contributed by atoms with Gasteiger partial charge in [-0.05, 0) is 86.9 Å². The summed E-state index contributed by atoms with van der Waals surface area (Å²) in [5.74, 6) is 0.514. The van der Waals surface area contributed by atoms with Crippen LogP contribution < -0.4 is 10.1 Å². The van der Waals surface area contributed by atoms with Gasteiger partial charge in [-0.3, -0.25) is 4.79 Å². The fourth-order valence-corrected chi connectivity index (χ4v) is 5.65. The van der Waals surface area contributed by atoms with Crippen LogP contribution in [0.15, 0.2) is 47.4 Å². The van der Waals surface area contributed by atoms with Gasteiger partial charge in [0.05, 0.1) is 4.90 Å². The minimum absolute atomic E-state index is 0.252. The Kier molecular flexibility index (Phi) is 6.11. The van der Waals surface area contributed by atoms with Crippen molar-refractivity contribution in [1.29, 1.82) is 0 Å². The highest BCUT2D eigenvalue weighted by molar-refractivity contribution is 7.89. The number of carbonyl (C=O) groups excluding carboxylic acids is 1. The van der Waals surface area contributed by atoms with Crippen molar-refractivity contribution >= 4 is 21.6 Å². The predicted molar refractivity (Wildman–Crippen MR) is 116 cm³/mol. The summed E-state index contributed by atoms with van der Waals surface area (Å²) < 4.78 is 32.7. The molecule has 0 bridgehead atoms. The predicted octanol–water partition coefficient (Wildman–Crippen LogP) is 3.76. The van der Waals surface area contributed by atoms with Gasteiger partial charge in [0.15, 0.2) is 6.10 Å². The second-order valence-electron chi connectivity index (χ2n) is 7.99. The fourth-order valence-electron chi connectivity index (χ4n) is 4.13. The van der Waals surface area contributed by atoms with Gasteiger partial charge in [-0.1, -0.05) is 12.1 Å². The Bertz CT molecular complexity index is 1010. The maximum absolute atomic E-state index is 12.6. The van der Waals surface area contributed by atoms with E-state index in [1.807, 2.05) is 12.1 Å². The van der Waals surface area contributed by atoms with E-state index in [0.717, 1.165) is 37.9 Å². The molecule has 7 heteroatoms. The lowest BCUT2D eigenvalue weighted by Crippen LogP contribution is -2.30. The lowest BCUT2D eigenvalue weighted by atomic mass is 9.91. The number of ether oxygens (including phenoxy) is 1. The SMILES string of the molecule is C[C@@H](Oc1cccc2c1CCCC2)C(=O)Nc1ccc(S(=O)(=O)N2CCCC2)cc1. The molecule has 30 heavy (non-hydrogen) atoms. The first kappa shape index (κ1) is 20.9. The van der Waals surface area contributed by atoms with E-state index < -0.39 is 16.1 Å². The van der Waals surface area contributed by atoms with Crippen LogP contribution in [0.25, 0.3) is 0 Å². The molecular formula is C23H28N2O4S. The van der Waals surface area contributed by atoms with E-state index in [2.05, 4.69) is 11.4 Å². The van der Waals surface area contributed by atoms with E-state index in [9.17, 15) is 13.2 Å². The first-order valence-electron chi connectivity index (χ1n) is 10.6. The molecular weight excluding hydrogens is 400 g/mol. The van der Waals surface area contributed by atoms with Crippen LogP contribution in [0.2, 0.25) is 0 Å². The quantitative estimate of drug-likeness (QED) is 0.760. The van der Waals surface area contributed by atoms with Crippen LogP contribution in [-0.4, -0.2) is 37.8 Å². The number of carbonyl (C=O) groups is 1. The Hall–Kier alpha value is -2.38. The third-order valence-electron chi connectivity index (χ3n) is 5.85. The van der Waals surface area contributed by atoms with Crippen LogP contribution >= 0.6 is 0 Å². The molecule has 1 fully saturated rings. The fraction of sp³-hybridized carbons (Fsp3) is 0.435. The van der Waals surface area contributed by atoms with Crippen LogP contribution in [0.3, 0.4) is 0 Å². The number of nitrogens with one attached hydrogen (secondary N) is 1. The molecule has 2 aliphatic rings. The van der Waals surface area contributed by atoms with E-state index in [0.29, 0.717) is 18.8 Å². The average Bonchev–Trinajstić information content (AvgIpc) is 3.30.